The van der Waals surface area contributed by atoms with Gasteiger partial charge in [-0.25, -0.2) is 9.97 Å². The molecule has 0 amide bonds. The summed E-state index contributed by atoms with van der Waals surface area (Å²) in [4.78, 5) is 9.11. The maximum Gasteiger partial charge on any atom is 0.134 e. The maximum atomic E-state index is 5.48. The van der Waals surface area contributed by atoms with Crippen LogP contribution in [0.15, 0.2) is 6.07 Å². The average molecular weight is 221 g/mol. The first kappa shape index (κ1) is 11.5. The van der Waals surface area contributed by atoms with E-state index >= 15 is 0 Å². The van der Waals surface area contributed by atoms with Crippen LogP contribution >= 0.6 is 0 Å². The van der Waals surface area contributed by atoms with Crippen LogP contribution in [0.5, 0.6) is 0 Å². The molecule has 1 atom stereocenters. The fourth-order valence-corrected chi connectivity index (χ4v) is 2.06. The normalized spacial score (nSPS) is 21.0. The summed E-state index contributed by atoms with van der Waals surface area (Å²) in [6, 6.07) is 2.03. The second-order valence-corrected chi connectivity index (χ2v) is 4.30. The van der Waals surface area contributed by atoms with Gasteiger partial charge in [0.05, 0.1) is 12.3 Å². The molecule has 0 bridgehead atoms. The number of hydrogen-bond donors (Lipinski definition) is 1. The number of hydrogen-bond acceptors (Lipinski definition) is 4. The Morgan fingerprint density at radius 3 is 3.06 bits per heavy atom. The minimum absolute atomic E-state index is 0.379. The molecule has 1 saturated heterocycles. The predicted molar refractivity (Wildman–Crippen MR) is 62.3 cm³/mol. The summed E-state index contributed by atoms with van der Waals surface area (Å²) >= 11 is 0. The van der Waals surface area contributed by atoms with Gasteiger partial charge in [-0.2, -0.15) is 0 Å². The van der Waals surface area contributed by atoms with Gasteiger partial charge >= 0.3 is 0 Å². The topological polar surface area (TPSA) is 47.0 Å². The standard InChI is InChI=1S/C12H19N3O/c1-9-6-11(7-13-2)15-12(14-9)10-4-3-5-16-8-10/h6,10,13H,3-5,7-8H2,1-2H3. The first-order valence-corrected chi connectivity index (χ1v) is 5.86. The van der Waals surface area contributed by atoms with Crippen LogP contribution in [0, 0.1) is 6.92 Å². The summed E-state index contributed by atoms with van der Waals surface area (Å²) in [5, 5.41) is 3.12. The summed E-state index contributed by atoms with van der Waals surface area (Å²) in [5.74, 6) is 1.33. The lowest BCUT2D eigenvalue weighted by atomic mass is 10.0. The Morgan fingerprint density at radius 2 is 2.38 bits per heavy atom. The molecule has 0 spiro atoms. The van der Waals surface area contributed by atoms with Gasteiger partial charge in [-0.05, 0) is 32.9 Å². The summed E-state index contributed by atoms with van der Waals surface area (Å²) in [6.45, 7) is 4.46. The molecular formula is C12H19N3O. The molecule has 0 aromatic carbocycles. The molecule has 4 nitrogen and oxygen atoms in total. The molecule has 1 fully saturated rings. The molecule has 1 unspecified atom stereocenters. The zero-order valence-corrected chi connectivity index (χ0v) is 9.99. The van der Waals surface area contributed by atoms with Crippen LogP contribution in [0.1, 0.15) is 36.0 Å². The van der Waals surface area contributed by atoms with E-state index in [1.807, 2.05) is 20.0 Å². The lowest BCUT2D eigenvalue weighted by molar-refractivity contribution is 0.0779. The smallest absolute Gasteiger partial charge is 0.134 e. The third-order valence-corrected chi connectivity index (χ3v) is 2.81. The van der Waals surface area contributed by atoms with Crippen LogP contribution in [-0.4, -0.2) is 30.2 Å². The fraction of sp³-hybridized carbons (Fsp3) is 0.667. The Hall–Kier alpha value is -1.00. The van der Waals surface area contributed by atoms with Crippen molar-refractivity contribution >= 4 is 0 Å². The molecule has 4 heteroatoms. The number of rotatable bonds is 3. The van der Waals surface area contributed by atoms with Crippen LogP contribution < -0.4 is 5.32 Å². The van der Waals surface area contributed by atoms with Crippen molar-refractivity contribution < 1.29 is 4.74 Å². The van der Waals surface area contributed by atoms with Crippen LogP contribution in [0.3, 0.4) is 0 Å². The number of ether oxygens (including phenoxy) is 1. The SMILES string of the molecule is CNCc1cc(C)nc(C2CCCOC2)n1. The molecule has 1 aromatic rings. The van der Waals surface area contributed by atoms with Crippen molar-refractivity contribution in [2.45, 2.75) is 32.2 Å². The Bertz CT molecular complexity index is 348. The van der Waals surface area contributed by atoms with Crippen molar-refractivity contribution in [1.29, 1.82) is 0 Å². The van der Waals surface area contributed by atoms with Crippen LogP contribution in [0.2, 0.25) is 0 Å². The number of nitrogens with one attached hydrogen (secondary N) is 1. The fourth-order valence-electron chi connectivity index (χ4n) is 2.06. The van der Waals surface area contributed by atoms with Gasteiger partial charge in [-0.1, -0.05) is 0 Å². The average Bonchev–Trinajstić information content (AvgIpc) is 2.30. The molecule has 1 aliphatic rings. The predicted octanol–water partition coefficient (Wildman–Crippen LogP) is 1.40. The minimum atomic E-state index is 0.379. The van der Waals surface area contributed by atoms with Gasteiger partial charge < -0.3 is 10.1 Å². The largest absolute Gasteiger partial charge is 0.381 e. The second-order valence-electron chi connectivity index (χ2n) is 4.30. The third-order valence-electron chi connectivity index (χ3n) is 2.81. The van der Waals surface area contributed by atoms with Crippen LogP contribution in [-0.2, 0) is 11.3 Å². The first-order valence-electron chi connectivity index (χ1n) is 5.86. The van der Waals surface area contributed by atoms with Gasteiger partial charge in [0.2, 0.25) is 0 Å². The summed E-state index contributed by atoms with van der Waals surface area (Å²) in [7, 11) is 1.93. The Morgan fingerprint density at radius 1 is 1.50 bits per heavy atom. The lowest BCUT2D eigenvalue weighted by Crippen LogP contribution is -2.19. The van der Waals surface area contributed by atoms with E-state index in [2.05, 4.69) is 15.3 Å². The number of nitrogens with zero attached hydrogens (tertiary/aromatic N) is 2. The Balaban J connectivity index is 2.18. The highest BCUT2D eigenvalue weighted by atomic mass is 16.5. The highest BCUT2D eigenvalue weighted by molar-refractivity contribution is 5.12. The first-order chi connectivity index (χ1) is 7.79. The quantitative estimate of drug-likeness (QED) is 0.838. The molecule has 1 aromatic heterocycles. The van der Waals surface area contributed by atoms with Crippen molar-refractivity contribution in [3.63, 3.8) is 0 Å². The van der Waals surface area contributed by atoms with E-state index in [-0.39, 0.29) is 0 Å². The van der Waals surface area contributed by atoms with Gasteiger partial charge in [0.15, 0.2) is 0 Å². The summed E-state index contributed by atoms with van der Waals surface area (Å²) in [5.41, 5.74) is 2.11. The maximum absolute atomic E-state index is 5.48. The highest BCUT2D eigenvalue weighted by Crippen LogP contribution is 2.22. The van der Waals surface area contributed by atoms with Crippen LogP contribution in [0.25, 0.3) is 0 Å². The van der Waals surface area contributed by atoms with E-state index < -0.39 is 0 Å². The van der Waals surface area contributed by atoms with E-state index in [1.54, 1.807) is 0 Å². The number of aromatic nitrogens is 2. The number of aryl methyl sites for hydroxylation is 1. The van der Waals surface area contributed by atoms with E-state index in [4.69, 9.17) is 4.74 Å². The van der Waals surface area contributed by atoms with Gasteiger partial charge in [0.25, 0.3) is 0 Å². The van der Waals surface area contributed by atoms with E-state index in [9.17, 15) is 0 Å². The van der Waals surface area contributed by atoms with Crippen molar-refractivity contribution in [2.24, 2.45) is 0 Å². The minimum Gasteiger partial charge on any atom is -0.381 e. The monoisotopic (exact) mass is 221 g/mol. The van der Waals surface area contributed by atoms with Gasteiger partial charge in [0.1, 0.15) is 5.82 Å². The van der Waals surface area contributed by atoms with E-state index in [0.717, 1.165) is 49.8 Å². The molecule has 1 aliphatic heterocycles. The molecule has 2 heterocycles. The molecular weight excluding hydrogens is 202 g/mol. The second kappa shape index (κ2) is 5.37. The van der Waals surface area contributed by atoms with Gasteiger partial charge in [-0.3, -0.25) is 0 Å². The molecule has 16 heavy (non-hydrogen) atoms. The highest BCUT2D eigenvalue weighted by Gasteiger charge is 2.19. The molecule has 0 saturated carbocycles. The zero-order chi connectivity index (χ0) is 11.4. The van der Waals surface area contributed by atoms with Crippen molar-refractivity contribution in [3.05, 3.63) is 23.3 Å². The van der Waals surface area contributed by atoms with E-state index in [0.29, 0.717) is 5.92 Å². The Kier molecular flexibility index (Phi) is 3.85. The summed E-state index contributed by atoms with van der Waals surface area (Å²) in [6.07, 6.45) is 2.26. The van der Waals surface area contributed by atoms with Gasteiger partial charge in [-0.15, -0.1) is 0 Å². The molecule has 0 aliphatic carbocycles. The van der Waals surface area contributed by atoms with Gasteiger partial charge in [0, 0.05) is 24.8 Å². The molecule has 88 valence electrons. The van der Waals surface area contributed by atoms with Crippen molar-refractivity contribution in [1.82, 2.24) is 15.3 Å². The molecule has 2 rings (SSSR count). The molecule has 1 N–H and O–H groups in total. The van der Waals surface area contributed by atoms with E-state index in [1.165, 1.54) is 0 Å². The zero-order valence-electron chi connectivity index (χ0n) is 9.99. The Labute approximate surface area is 96.4 Å². The van der Waals surface area contributed by atoms with Crippen molar-refractivity contribution in [3.8, 4) is 0 Å². The van der Waals surface area contributed by atoms with Crippen LogP contribution in [0.4, 0.5) is 0 Å². The lowest BCUT2D eigenvalue weighted by Gasteiger charge is -2.21. The summed E-state index contributed by atoms with van der Waals surface area (Å²) < 4.78 is 5.48. The van der Waals surface area contributed by atoms with Crippen molar-refractivity contribution in [2.75, 3.05) is 20.3 Å². The third kappa shape index (κ3) is 2.77. The molecule has 0 radical (unpaired) electrons.